The molecule has 1 N–H and O–H groups in total. The van der Waals surface area contributed by atoms with Crippen molar-refractivity contribution >= 4 is 20.8 Å². The molecule has 7 nitrogen and oxygen atoms in total. The van der Waals surface area contributed by atoms with Crippen molar-refractivity contribution in [3.8, 4) is 0 Å². The molecule has 0 aromatic carbocycles. The van der Waals surface area contributed by atoms with E-state index >= 15 is 0 Å². The lowest BCUT2D eigenvalue weighted by Crippen LogP contribution is -2.41. The van der Waals surface area contributed by atoms with Crippen LogP contribution >= 0.6 is 0 Å². The normalized spacial score (nSPS) is 18.1. The lowest BCUT2D eigenvalue weighted by atomic mass is 10.5. The van der Waals surface area contributed by atoms with Gasteiger partial charge in [-0.3, -0.25) is 8.89 Å². The summed E-state index contributed by atoms with van der Waals surface area (Å²) in [7, 11) is -4.39. The van der Waals surface area contributed by atoms with Gasteiger partial charge in [-0.05, 0) is 13.0 Å². The Labute approximate surface area is 128 Å². The van der Waals surface area contributed by atoms with E-state index in [1.165, 1.54) is 10.5 Å². The molecule has 0 aliphatic carbocycles. The van der Waals surface area contributed by atoms with E-state index in [2.05, 4.69) is 17.3 Å². The van der Waals surface area contributed by atoms with Crippen molar-refractivity contribution in [3.63, 3.8) is 0 Å². The zero-order valence-electron chi connectivity index (χ0n) is 12.2. The van der Waals surface area contributed by atoms with E-state index in [1.54, 1.807) is 10.9 Å². The molecule has 2 rings (SSSR count). The summed E-state index contributed by atoms with van der Waals surface area (Å²) in [6, 6.07) is 0. The first kappa shape index (κ1) is 16.6. The number of nitrogens with one attached hydrogen (secondary N) is 1. The molecule has 1 aromatic rings. The SMILES string of the molecule is CCCNCCn1cc(S(=O)(=O)N2CCS(=O)CC2)cn1. The predicted octanol–water partition coefficient (Wildman–Crippen LogP) is -0.364. The average molecular weight is 334 g/mol. The molecule has 2 heterocycles. The summed E-state index contributed by atoms with van der Waals surface area (Å²) in [5.41, 5.74) is 0. The summed E-state index contributed by atoms with van der Waals surface area (Å²) in [4.78, 5) is 0.214. The molecule has 0 amide bonds. The Bertz CT molecular complexity index is 575. The summed E-state index contributed by atoms with van der Waals surface area (Å²) < 4.78 is 39.2. The highest BCUT2D eigenvalue weighted by molar-refractivity contribution is 7.89. The molecule has 0 bridgehead atoms. The number of sulfonamides is 1. The minimum Gasteiger partial charge on any atom is -0.315 e. The van der Waals surface area contributed by atoms with Gasteiger partial charge in [-0.15, -0.1) is 0 Å². The highest BCUT2D eigenvalue weighted by atomic mass is 32.2. The lowest BCUT2D eigenvalue weighted by molar-refractivity contribution is 0.438. The van der Waals surface area contributed by atoms with E-state index in [-0.39, 0.29) is 4.90 Å². The fraction of sp³-hybridized carbons (Fsp3) is 0.750. The van der Waals surface area contributed by atoms with E-state index in [9.17, 15) is 12.6 Å². The Kier molecular flexibility index (Phi) is 5.91. The second-order valence-electron chi connectivity index (χ2n) is 4.94. The Balaban J connectivity index is 1.97. The fourth-order valence-electron chi connectivity index (χ4n) is 2.11. The second-order valence-corrected chi connectivity index (χ2v) is 8.58. The molecule has 0 saturated carbocycles. The highest BCUT2D eigenvalue weighted by Crippen LogP contribution is 2.16. The molecule has 1 aliphatic heterocycles. The van der Waals surface area contributed by atoms with Crippen LogP contribution in [0.2, 0.25) is 0 Å². The molecule has 120 valence electrons. The third-order valence-corrected chi connectivity index (χ3v) is 6.46. The number of hydrogen-bond acceptors (Lipinski definition) is 5. The van der Waals surface area contributed by atoms with E-state index < -0.39 is 20.8 Å². The molecule has 21 heavy (non-hydrogen) atoms. The van der Waals surface area contributed by atoms with Crippen molar-refractivity contribution in [2.45, 2.75) is 24.8 Å². The maximum absolute atomic E-state index is 12.4. The molecule has 1 aliphatic rings. The predicted molar refractivity (Wildman–Crippen MR) is 82.0 cm³/mol. The van der Waals surface area contributed by atoms with Crippen LogP contribution in [-0.4, -0.2) is 64.4 Å². The van der Waals surface area contributed by atoms with Crippen molar-refractivity contribution in [2.24, 2.45) is 0 Å². The molecule has 1 saturated heterocycles. The minimum atomic E-state index is -3.50. The van der Waals surface area contributed by atoms with Crippen LogP contribution in [-0.2, 0) is 27.4 Å². The second kappa shape index (κ2) is 7.48. The standard InChI is InChI=1S/C12H22N4O3S2/c1-2-3-13-4-5-15-11-12(10-14-15)21(18,19)16-6-8-20(17)9-7-16/h10-11,13H,2-9H2,1H3. The van der Waals surface area contributed by atoms with Crippen LogP contribution in [0.5, 0.6) is 0 Å². The van der Waals surface area contributed by atoms with Crippen LogP contribution < -0.4 is 5.32 Å². The van der Waals surface area contributed by atoms with Crippen LogP contribution in [0.3, 0.4) is 0 Å². The van der Waals surface area contributed by atoms with Crippen molar-refractivity contribution in [1.29, 1.82) is 0 Å². The number of nitrogens with zero attached hydrogens (tertiary/aromatic N) is 3. The van der Waals surface area contributed by atoms with Gasteiger partial charge in [0.05, 0.1) is 12.7 Å². The molecule has 0 unspecified atom stereocenters. The van der Waals surface area contributed by atoms with Gasteiger partial charge in [0.1, 0.15) is 4.90 Å². The van der Waals surface area contributed by atoms with Gasteiger partial charge in [-0.1, -0.05) is 6.92 Å². The quantitative estimate of drug-likeness (QED) is 0.688. The maximum atomic E-state index is 12.4. The van der Waals surface area contributed by atoms with Crippen LogP contribution in [0.4, 0.5) is 0 Å². The van der Waals surface area contributed by atoms with E-state index in [4.69, 9.17) is 0 Å². The smallest absolute Gasteiger partial charge is 0.246 e. The third kappa shape index (κ3) is 4.35. The Morgan fingerprint density at radius 1 is 1.33 bits per heavy atom. The van der Waals surface area contributed by atoms with Crippen molar-refractivity contribution in [2.75, 3.05) is 37.7 Å². The van der Waals surface area contributed by atoms with Gasteiger partial charge in [0.15, 0.2) is 0 Å². The Hall–Kier alpha value is -0.770. The molecule has 0 spiro atoms. The summed E-state index contributed by atoms with van der Waals surface area (Å²) in [5, 5.41) is 7.35. The highest BCUT2D eigenvalue weighted by Gasteiger charge is 2.29. The molecule has 9 heteroatoms. The lowest BCUT2D eigenvalue weighted by Gasteiger charge is -2.24. The first-order valence-electron chi connectivity index (χ1n) is 7.12. The van der Waals surface area contributed by atoms with E-state index in [1.807, 2.05) is 0 Å². The minimum absolute atomic E-state index is 0.214. The van der Waals surface area contributed by atoms with Crippen molar-refractivity contribution < 1.29 is 12.6 Å². The van der Waals surface area contributed by atoms with Crippen LogP contribution in [0.1, 0.15) is 13.3 Å². The van der Waals surface area contributed by atoms with Crippen LogP contribution in [0, 0.1) is 0 Å². The Morgan fingerprint density at radius 3 is 2.71 bits per heavy atom. The largest absolute Gasteiger partial charge is 0.315 e. The monoisotopic (exact) mass is 334 g/mol. The zero-order chi connectivity index (χ0) is 15.3. The number of rotatable bonds is 7. The van der Waals surface area contributed by atoms with Crippen molar-refractivity contribution in [1.82, 2.24) is 19.4 Å². The number of hydrogen-bond donors (Lipinski definition) is 1. The van der Waals surface area contributed by atoms with Gasteiger partial charge < -0.3 is 5.32 Å². The third-order valence-electron chi connectivity index (χ3n) is 3.33. The van der Waals surface area contributed by atoms with E-state index in [0.717, 1.165) is 19.5 Å². The van der Waals surface area contributed by atoms with Gasteiger partial charge in [-0.25, -0.2) is 8.42 Å². The van der Waals surface area contributed by atoms with Gasteiger partial charge in [0.2, 0.25) is 10.0 Å². The topological polar surface area (TPSA) is 84.3 Å². The maximum Gasteiger partial charge on any atom is 0.246 e. The fourth-order valence-corrected chi connectivity index (χ4v) is 4.79. The Morgan fingerprint density at radius 2 is 2.05 bits per heavy atom. The molecular formula is C12H22N4O3S2. The average Bonchev–Trinajstić information content (AvgIpc) is 2.94. The summed E-state index contributed by atoms with van der Waals surface area (Å²) in [6.07, 6.45) is 4.02. The molecule has 1 fully saturated rings. The molecule has 0 atom stereocenters. The van der Waals surface area contributed by atoms with Crippen LogP contribution in [0.25, 0.3) is 0 Å². The molecule has 1 aromatic heterocycles. The summed E-state index contributed by atoms with van der Waals surface area (Å²) in [5.74, 6) is 0.822. The van der Waals surface area contributed by atoms with Gasteiger partial charge >= 0.3 is 0 Å². The van der Waals surface area contributed by atoms with Gasteiger partial charge in [-0.2, -0.15) is 9.40 Å². The summed E-state index contributed by atoms with van der Waals surface area (Å²) >= 11 is 0. The summed E-state index contributed by atoms with van der Waals surface area (Å²) in [6.45, 7) is 5.07. The first-order chi connectivity index (χ1) is 10.0. The van der Waals surface area contributed by atoms with Crippen LogP contribution in [0.15, 0.2) is 17.3 Å². The van der Waals surface area contributed by atoms with Gasteiger partial charge in [0, 0.05) is 48.1 Å². The molecule has 0 radical (unpaired) electrons. The zero-order valence-corrected chi connectivity index (χ0v) is 13.8. The molecular weight excluding hydrogens is 312 g/mol. The first-order valence-corrected chi connectivity index (χ1v) is 10.0. The number of aromatic nitrogens is 2. The van der Waals surface area contributed by atoms with Crippen molar-refractivity contribution in [3.05, 3.63) is 12.4 Å². The van der Waals surface area contributed by atoms with E-state index in [0.29, 0.717) is 31.1 Å². The van der Waals surface area contributed by atoms with Gasteiger partial charge in [0.25, 0.3) is 0 Å².